The second kappa shape index (κ2) is 11.6. The Morgan fingerprint density at radius 1 is 1.26 bits per heavy atom. The van der Waals surface area contributed by atoms with E-state index in [1.165, 1.54) is 17.3 Å². The van der Waals surface area contributed by atoms with E-state index < -0.39 is 0 Å². The molecule has 2 rings (SSSR count). The second-order valence-corrected chi connectivity index (χ2v) is 7.28. The van der Waals surface area contributed by atoms with Crippen LogP contribution in [0.25, 0.3) is 0 Å². The van der Waals surface area contributed by atoms with Gasteiger partial charge in [-0.05, 0) is 12.3 Å². The molecule has 0 radical (unpaired) electrons. The Morgan fingerprint density at radius 3 is 2.70 bits per heavy atom. The van der Waals surface area contributed by atoms with Gasteiger partial charge in [0.1, 0.15) is 18.8 Å². The van der Waals surface area contributed by atoms with Crippen molar-refractivity contribution in [1.82, 2.24) is 20.2 Å². The van der Waals surface area contributed by atoms with E-state index in [4.69, 9.17) is 4.74 Å². The van der Waals surface area contributed by atoms with Gasteiger partial charge in [0, 0.05) is 31.9 Å². The van der Waals surface area contributed by atoms with Crippen molar-refractivity contribution < 1.29 is 19.2 Å². The van der Waals surface area contributed by atoms with E-state index in [1.54, 1.807) is 11.1 Å². The number of morpholine rings is 1. The van der Waals surface area contributed by atoms with Crippen LogP contribution < -0.4 is 10.2 Å². The van der Waals surface area contributed by atoms with Crippen molar-refractivity contribution in [1.29, 1.82) is 0 Å². The third-order valence-electron chi connectivity index (χ3n) is 4.66. The first-order chi connectivity index (χ1) is 13.1. The predicted octanol–water partition coefficient (Wildman–Crippen LogP) is -0.614. The smallest absolute Gasteiger partial charge is 0.274 e. The summed E-state index contributed by atoms with van der Waals surface area (Å²) in [7, 11) is 0. The lowest BCUT2D eigenvalue weighted by Crippen LogP contribution is -3.14. The highest BCUT2D eigenvalue weighted by Gasteiger charge is 2.21. The van der Waals surface area contributed by atoms with Crippen LogP contribution >= 0.6 is 0 Å². The van der Waals surface area contributed by atoms with Gasteiger partial charge in [-0.25, -0.2) is 4.98 Å². The van der Waals surface area contributed by atoms with Crippen LogP contribution in [0.2, 0.25) is 0 Å². The number of nitrogens with one attached hydrogen (secondary N) is 2. The van der Waals surface area contributed by atoms with Gasteiger partial charge in [0.25, 0.3) is 5.91 Å². The fourth-order valence-electron chi connectivity index (χ4n) is 2.91. The molecule has 8 nitrogen and oxygen atoms in total. The predicted molar refractivity (Wildman–Crippen MR) is 101 cm³/mol. The molecule has 0 bridgehead atoms. The molecule has 0 aliphatic carbocycles. The van der Waals surface area contributed by atoms with Gasteiger partial charge in [-0.3, -0.25) is 14.6 Å². The Bertz CT molecular complexity index is 576. The Kier molecular flexibility index (Phi) is 9.13. The molecule has 1 fully saturated rings. The van der Waals surface area contributed by atoms with E-state index in [0.29, 0.717) is 37.7 Å². The summed E-state index contributed by atoms with van der Waals surface area (Å²) in [5.74, 6) is 0.355. The molecular formula is C19H32N5O3+. The minimum Gasteiger partial charge on any atom is -0.370 e. The first-order valence-corrected chi connectivity index (χ1v) is 9.79. The van der Waals surface area contributed by atoms with Crippen LogP contribution in [-0.4, -0.2) is 79.2 Å². The van der Waals surface area contributed by atoms with E-state index in [-0.39, 0.29) is 11.8 Å². The monoisotopic (exact) mass is 378 g/mol. The van der Waals surface area contributed by atoms with Crippen molar-refractivity contribution in [3.8, 4) is 0 Å². The molecule has 0 atom stereocenters. The van der Waals surface area contributed by atoms with Crippen molar-refractivity contribution in [3.63, 3.8) is 0 Å². The summed E-state index contributed by atoms with van der Waals surface area (Å²) in [6.07, 6.45) is 5.77. The van der Waals surface area contributed by atoms with Crippen LogP contribution in [-0.2, 0) is 9.53 Å². The van der Waals surface area contributed by atoms with E-state index in [0.717, 1.165) is 39.3 Å². The van der Waals surface area contributed by atoms with Gasteiger partial charge in [-0.1, -0.05) is 13.8 Å². The number of carbonyl (C=O) groups excluding carboxylic acids is 2. The van der Waals surface area contributed by atoms with E-state index in [1.807, 2.05) is 0 Å². The molecule has 8 heteroatoms. The molecule has 0 saturated carbocycles. The molecule has 0 spiro atoms. The Balaban J connectivity index is 1.88. The molecule has 150 valence electrons. The number of aromatic nitrogens is 2. The molecule has 0 unspecified atom stereocenters. The third-order valence-corrected chi connectivity index (χ3v) is 4.66. The minimum atomic E-state index is -0.175. The number of rotatable bonds is 10. The number of quaternary nitrogens is 1. The molecule has 1 aliphatic rings. The zero-order valence-electron chi connectivity index (χ0n) is 16.4. The van der Waals surface area contributed by atoms with Crippen LogP contribution in [0.15, 0.2) is 18.6 Å². The molecule has 27 heavy (non-hydrogen) atoms. The number of hydrogen-bond acceptors (Lipinski definition) is 5. The molecule has 1 aromatic heterocycles. The average Bonchev–Trinajstić information content (AvgIpc) is 2.68. The van der Waals surface area contributed by atoms with Crippen LogP contribution in [0.3, 0.4) is 0 Å². The second-order valence-electron chi connectivity index (χ2n) is 7.28. The molecule has 1 aromatic rings. The maximum atomic E-state index is 12.8. The van der Waals surface area contributed by atoms with Crippen molar-refractivity contribution in [3.05, 3.63) is 24.3 Å². The van der Waals surface area contributed by atoms with Crippen LogP contribution in [0, 0.1) is 5.92 Å². The summed E-state index contributed by atoms with van der Waals surface area (Å²) >= 11 is 0. The van der Waals surface area contributed by atoms with Crippen molar-refractivity contribution in [2.24, 2.45) is 5.92 Å². The standard InChI is InChI=1S/C19H31N5O3/c1-16(2)3-5-22-18(25)4-8-24(10-9-23-11-13-27-14-12-23)19(26)17-15-20-6-7-21-17/h6-7,15-16H,3-5,8-14H2,1-2H3,(H,22,25)/p+1. The van der Waals surface area contributed by atoms with Gasteiger partial charge in [-0.15, -0.1) is 0 Å². The number of carbonyl (C=O) groups is 2. The molecule has 0 aromatic carbocycles. The summed E-state index contributed by atoms with van der Waals surface area (Å²) in [6.45, 7) is 10.1. The Labute approximate surface area is 161 Å². The van der Waals surface area contributed by atoms with Crippen LogP contribution in [0.4, 0.5) is 0 Å². The van der Waals surface area contributed by atoms with E-state index in [9.17, 15) is 9.59 Å². The van der Waals surface area contributed by atoms with Gasteiger partial charge < -0.3 is 19.9 Å². The molecule has 1 saturated heterocycles. The van der Waals surface area contributed by atoms with E-state index in [2.05, 4.69) is 29.1 Å². The topological polar surface area (TPSA) is 88.9 Å². The fourth-order valence-corrected chi connectivity index (χ4v) is 2.91. The Morgan fingerprint density at radius 2 is 2.04 bits per heavy atom. The minimum absolute atomic E-state index is 0.0219. The quantitative estimate of drug-likeness (QED) is 0.567. The normalized spacial score (nSPS) is 14.9. The lowest BCUT2D eigenvalue weighted by molar-refractivity contribution is -0.907. The van der Waals surface area contributed by atoms with Crippen molar-refractivity contribution >= 4 is 11.8 Å². The molecule has 2 amide bonds. The van der Waals surface area contributed by atoms with Gasteiger partial charge in [-0.2, -0.15) is 0 Å². The van der Waals surface area contributed by atoms with Crippen LogP contribution in [0.5, 0.6) is 0 Å². The van der Waals surface area contributed by atoms with Crippen molar-refractivity contribution in [2.45, 2.75) is 26.7 Å². The van der Waals surface area contributed by atoms with Gasteiger partial charge in [0.2, 0.25) is 5.91 Å². The third kappa shape index (κ3) is 8.01. The van der Waals surface area contributed by atoms with E-state index >= 15 is 0 Å². The highest BCUT2D eigenvalue weighted by molar-refractivity contribution is 5.92. The summed E-state index contributed by atoms with van der Waals surface area (Å²) in [6, 6.07) is 0. The number of ether oxygens (including phenoxy) is 1. The first-order valence-electron chi connectivity index (χ1n) is 9.79. The summed E-state index contributed by atoms with van der Waals surface area (Å²) in [4.78, 5) is 36.1. The highest BCUT2D eigenvalue weighted by atomic mass is 16.5. The molecule has 1 aliphatic heterocycles. The average molecular weight is 378 g/mol. The summed E-state index contributed by atoms with van der Waals surface area (Å²) in [5, 5.41) is 2.93. The van der Waals surface area contributed by atoms with Gasteiger partial charge in [0.05, 0.1) is 32.5 Å². The van der Waals surface area contributed by atoms with Gasteiger partial charge in [0.15, 0.2) is 0 Å². The lowest BCUT2D eigenvalue weighted by Gasteiger charge is -2.27. The number of hydrogen-bond donors (Lipinski definition) is 2. The zero-order chi connectivity index (χ0) is 19.5. The van der Waals surface area contributed by atoms with Crippen molar-refractivity contribution in [2.75, 3.05) is 52.5 Å². The first kappa shape index (κ1) is 21.2. The molecular weight excluding hydrogens is 346 g/mol. The lowest BCUT2D eigenvalue weighted by atomic mass is 10.1. The summed E-state index contributed by atoms with van der Waals surface area (Å²) in [5.41, 5.74) is 0.315. The van der Waals surface area contributed by atoms with Gasteiger partial charge >= 0.3 is 0 Å². The maximum Gasteiger partial charge on any atom is 0.274 e. The van der Waals surface area contributed by atoms with Crippen LogP contribution in [0.1, 0.15) is 37.2 Å². The SMILES string of the molecule is CC(C)CCNC(=O)CCN(CC[NH+]1CCOCC1)C(=O)c1cnccn1. The maximum absolute atomic E-state index is 12.8. The molecule has 2 heterocycles. The zero-order valence-corrected chi connectivity index (χ0v) is 16.4. The largest absolute Gasteiger partial charge is 0.370 e. The fraction of sp³-hybridized carbons (Fsp3) is 0.684. The number of nitrogens with zero attached hydrogens (tertiary/aromatic N) is 3. The highest BCUT2D eigenvalue weighted by Crippen LogP contribution is 2.02. The number of amides is 2. The summed E-state index contributed by atoms with van der Waals surface area (Å²) < 4.78 is 5.38. The Hall–Kier alpha value is -2.06. The molecule has 2 N–H and O–H groups in total.